The van der Waals surface area contributed by atoms with E-state index in [1.165, 1.54) is 5.69 Å². The molecule has 2 heterocycles. The summed E-state index contributed by atoms with van der Waals surface area (Å²) in [7, 11) is 0. The van der Waals surface area contributed by atoms with Crippen LogP contribution in [-0.4, -0.2) is 55.1 Å². The van der Waals surface area contributed by atoms with E-state index in [9.17, 15) is 4.79 Å². The van der Waals surface area contributed by atoms with Crippen molar-refractivity contribution in [1.82, 2.24) is 9.88 Å². The van der Waals surface area contributed by atoms with Gasteiger partial charge in [0.15, 0.2) is 0 Å². The highest BCUT2D eigenvalue weighted by atomic mass is 16.2. The van der Waals surface area contributed by atoms with Gasteiger partial charge in [-0.05, 0) is 37.1 Å². The Kier molecular flexibility index (Phi) is 6.69. The van der Waals surface area contributed by atoms with Crippen molar-refractivity contribution >= 4 is 17.3 Å². The molecule has 0 atom stereocenters. The number of carbonyl (C=O) groups is 1. The summed E-state index contributed by atoms with van der Waals surface area (Å²) in [5, 5.41) is 0. The van der Waals surface area contributed by atoms with Crippen LogP contribution in [0.5, 0.6) is 0 Å². The molecule has 2 aromatic rings. The number of nitrogens with zero attached hydrogens (tertiary/aromatic N) is 4. The largest absolute Gasteiger partial charge is 0.371 e. The monoisotopic (exact) mass is 366 g/mol. The Morgan fingerprint density at radius 3 is 2.30 bits per heavy atom. The molecule has 0 N–H and O–H groups in total. The molecule has 0 bridgehead atoms. The Morgan fingerprint density at radius 1 is 1.00 bits per heavy atom. The maximum Gasteiger partial charge on any atom is 0.272 e. The van der Waals surface area contributed by atoms with Gasteiger partial charge in [-0.2, -0.15) is 0 Å². The van der Waals surface area contributed by atoms with Gasteiger partial charge in [-0.15, -0.1) is 0 Å². The number of piperazine rings is 1. The van der Waals surface area contributed by atoms with E-state index in [-0.39, 0.29) is 5.91 Å². The second-order valence-corrected chi connectivity index (χ2v) is 7.00. The Labute approximate surface area is 162 Å². The van der Waals surface area contributed by atoms with E-state index in [1.54, 1.807) is 6.20 Å². The van der Waals surface area contributed by atoms with E-state index in [0.717, 1.165) is 57.8 Å². The molecule has 1 fully saturated rings. The van der Waals surface area contributed by atoms with Crippen molar-refractivity contribution in [2.75, 3.05) is 49.1 Å². The number of anilines is 2. The number of hydrogen-bond acceptors (Lipinski definition) is 4. The molecule has 0 aliphatic carbocycles. The van der Waals surface area contributed by atoms with E-state index in [0.29, 0.717) is 5.69 Å². The number of amides is 1. The topological polar surface area (TPSA) is 39.7 Å². The number of rotatable bonds is 7. The van der Waals surface area contributed by atoms with Crippen LogP contribution in [0.15, 0.2) is 48.7 Å². The van der Waals surface area contributed by atoms with Crippen molar-refractivity contribution in [2.45, 2.75) is 26.7 Å². The van der Waals surface area contributed by atoms with Crippen LogP contribution in [0.2, 0.25) is 0 Å². The van der Waals surface area contributed by atoms with E-state index < -0.39 is 0 Å². The molecule has 144 valence electrons. The molecule has 5 nitrogen and oxygen atoms in total. The summed E-state index contributed by atoms with van der Waals surface area (Å²) >= 11 is 0. The smallest absolute Gasteiger partial charge is 0.272 e. The predicted molar refractivity (Wildman–Crippen MR) is 112 cm³/mol. The normalized spacial score (nSPS) is 14.3. The molecule has 1 aromatic heterocycles. The number of aromatic nitrogens is 1. The van der Waals surface area contributed by atoms with Crippen LogP contribution >= 0.6 is 0 Å². The number of benzene rings is 1. The highest BCUT2D eigenvalue weighted by molar-refractivity contribution is 5.93. The molecule has 27 heavy (non-hydrogen) atoms. The standard InChI is InChI=1S/C22H30N4O/c1-3-12-24(13-4-2)20-10-11-23-21(18-20)22(27)26-16-14-25(15-17-26)19-8-6-5-7-9-19/h5-11,18H,3-4,12-17H2,1-2H3. The van der Waals surface area contributed by atoms with Crippen LogP contribution in [-0.2, 0) is 0 Å². The second-order valence-electron chi connectivity index (χ2n) is 7.00. The van der Waals surface area contributed by atoms with Gasteiger partial charge in [0.25, 0.3) is 5.91 Å². The van der Waals surface area contributed by atoms with Gasteiger partial charge in [-0.25, -0.2) is 0 Å². The molecular formula is C22H30N4O. The Hall–Kier alpha value is -2.56. The van der Waals surface area contributed by atoms with Crippen molar-refractivity contribution in [3.63, 3.8) is 0 Å². The van der Waals surface area contributed by atoms with Crippen LogP contribution in [0.1, 0.15) is 37.2 Å². The van der Waals surface area contributed by atoms with Gasteiger partial charge < -0.3 is 14.7 Å². The molecule has 3 rings (SSSR count). The molecule has 1 aromatic carbocycles. The zero-order valence-corrected chi connectivity index (χ0v) is 16.5. The lowest BCUT2D eigenvalue weighted by atomic mass is 10.2. The number of para-hydroxylation sites is 1. The predicted octanol–water partition coefficient (Wildman–Crippen LogP) is 3.67. The van der Waals surface area contributed by atoms with Crippen LogP contribution in [0.4, 0.5) is 11.4 Å². The highest BCUT2D eigenvalue weighted by Crippen LogP contribution is 2.19. The van der Waals surface area contributed by atoms with Crippen LogP contribution in [0, 0.1) is 0 Å². The SMILES string of the molecule is CCCN(CCC)c1ccnc(C(=O)N2CCN(c3ccccc3)CC2)c1. The number of pyridine rings is 1. The maximum atomic E-state index is 13.0. The summed E-state index contributed by atoms with van der Waals surface area (Å²) in [5.74, 6) is 0.0394. The molecular weight excluding hydrogens is 336 g/mol. The van der Waals surface area contributed by atoms with Crippen LogP contribution < -0.4 is 9.80 Å². The molecule has 1 aliphatic rings. The molecule has 5 heteroatoms. The fourth-order valence-corrected chi connectivity index (χ4v) is 3.61. The molecule has 0 unspecified atom stereocenters. The fraction of sp³-hybridized carbons (Fsp3) is 0.455. The van der Waals surface area contributed by atoms with Crippen molar-refractivity contribution in [2.24, 2.45) is 0 Å². The van der Waals surface area contributed by atoms with E-state index in [4.69, 9.17) is 0 Å². The summed E-state index contributed by atoms with van der Waals surface area (Å²) < 4.78 is 0. The van der Waals surface area contributed by atoms with Crippen LogP contribution in [0.25, 0.3) is 0 Å². The quantitative estimate of drug-likeness (QED) is 0.750. The van der Waals surface area contributed by atoms with Gasteiger partial charge in [0, 0.05) is 56.8 Å². The third-order valence-electron chi connectivity index (χ3n) is 5.00. The van der Waals surface area contributed by atoms with Crippen molar-refractivity contribution in [1.29, 1.82) is 0 Å². The van der Waals surface area contributed by atoms with Crippen molar-refractivity contribution in [3.8, 4) is 0 Å². The Morgan fingerprint density at radius 2 is 1.67 bits per heavy atom. The number of hydrogen-bond donors (Lipinski definition) is 0. The van der Waals surface area contributed by atoms with E-state index in [2.05, 4.69) is 52.9 Å². The lowest BCUT2D eigenvalue weighted by Crippen LogP contribution is -2.49. The lowest BCUT2D eigenvalue weighted by molar-refractivity contribution is 0.0741. The molecule has 1 amide bonds. The summed E-state index contributed by atoms with van der Waals surface area (Å²) in [5.41, 5.74) is 2.87. The Bertz CT molecular complexity index is 720. The average molecular weight is 367 g/mol. The van der Waals surface area contributed by atoms with E-state index >= 15 is 0 Å². The molecule has 0 saturated carbocycles. The molecule has 1 aliphatic heterocycles. The fourth-order valence-electron chi connectivity index (χ4n) is 3.61. The minimum atomic E-state index is 0.0394. The number of carbonyl (C=O) groups excluding carboxylic acids is 1. The van der Waals surface area contributed by atoms with Gasteiger partial charge in [-0.3, -0.25) is 9.78 Å². The van der Waals surface area contributed by atoms with Gasteiger partial charge in [0.05, 0.1) is 0 Å². The third-order valence-corrected chi connectivity index (χ3v) is 5.00. The lowest BCUT2D eigenvalue weighted by Gasteiger charge is -2.36. The first kappa shape index (κ1) is 19.2. The summed E-state index contributed by atoms with van der Waals surface area (Å²) in [6, 6.07) is 14.4. The minimum Gasteiger partial charge on any atom is -0.371 e. The minimum absolute atomic E-state index is 0.0394. The zero-order valence-electron chi connectivity index (χ0n) is 16.5. The maximum absolute atomic E-state index is 13.0. The average Bonchev–Trinajstić information content (AvgIpc) is 2.74. The zero-order chi connectivity index (χ0) is 19.1. The second kappa shape index (κ2) is 9.40. The van der Waals surface area contributed by atoms with Crippen LogP contribution in [0.3, 0.4) is 0 Å². The third kappa shape index (κ3) is 4.79. The first-order valence-electron chi connectivity index (χ1n) is 10.0. The van der Waals surface area contributed by atoms with Gasteiger partial charge >= 0.3 is 0 Å². The van der Waals surface area contributed by atoms with Gasteiger partial charge in [0.1, 0.15) is 5.69 Å². The van der Waals surface area contributed by atoms with Crippen molar-refractivity contribution in [3.05, 3.63) is 54.4 Å². The molecule has 0 spiro atoms. The summed E-state index contributed by atoms with van der Waals surface area (Å²) in [6.07, 6.45) is 3.95. The summed E-state index contributed by atoms with van der Waals surface area (Å²) in [4.78, 5) is 23.9. The first-order chi connectivity index (χ1) is 13.2. The molecule has 1 saturated heterocycles. The van der Waals surface area contributed by atoms with Gasteiger partial charge in [-0.1, -0.05) is 32.0 Å². The highest BCUT2D eigenvalue weighted by Gasteiger charge is 2.23. The van der Waals surface area contributed by atoms with Crippen molar-refractivity contribution < 1.29 is 4.79 Å². The van der Waals surface area contributed by atoms with Gasteiger partial charge in [0.2, 0.25) is 0 Å². The molecule has 0 radical (unpaired) electrons. The first-order valence-corrected chi connectivity index (χ1v) is 10.0. The Balaban J connectivity index is 1.65. The van der Waals surface area contributed by atoms with E-state index in [1.807, 2.05) is 23.1 Å². The summed E-state index contributed by atoms with van der Waals surface area (Å²) in [6.45, 7) is 9.54.